The summed E-state index contributed by atoms with van der Waals surface area (Å²) in [5, 5.41) is 0. The number of nitrogens with zero attached hydrogens (tertiary/aromatic N) is 1. The lowest BCUT2D eigenvalue weighted by Crippen LogP contribution is -2.31. The topological polar surface area (TPSA) is 12.5 Å². The van der Waals surface area contributed by atoms with Crippen molar-refractivity contribution in [2.24, 2.45) is 0 Å². The molecule has 1 heterocycles. The molecule has 0 amide bonds. The Labute approximate surface area is 105 Å². The highest BCUT2D eigenvalue weighted by Crippen LogP contribution is 2.15. The van der Waals surface area contributed by atoms with E-state index in [4.69, 9.17) is 4.74 Å². The molecule has 0 aromatic heterocycles. The minimum absolute atomic E-state index is 0.656. The van der Waals surface area contributed by atoms with Crippen LogP contribution in [0.25, 0.3) is 0 Å². The number of ether oxygens (including phenoxy) is 1. The summed E-state index contributed by atoms with van der Waals surface area (Å²) < 4.78 is 5.76. The van der Waals surface area contributed by atoms with E-state index in [0.29, 0.717) is 6.04 Å². The summed E-state index contributed by atoms with van der Waals surface area (Å²) in [5.41, 5.74) is 1.28. The lowest BCUT2D eigenvalue weighted by molar-refractivity contribution is 0.206. The van der Waals surface area contributed by atoms with Gasteiger partial charge in [0.1, 0.15) is 5.75 Å². The third-order valence-electron chi connectivity index (χ3n) is 3.59. The molecule has 2 rings (SSSR count). The molecule has 0 N–H and O–H groups in total. The quantitative estimate of drug-likeness (QED) is 0.774. The van der Waals surface area contributed by atoms with E-state index in [2.05, 4.69) is 43.0 Å². The third kappa shape index (κ3) is 3.74. The van der Waals surface area contributed by atoms with Crippen LogP contribution in [-0.4, -0.2) is 30.6 Å². The molecule has 1 unspecified atom stereocenters. The molecule has 17 heavy (non-hydrogen) atoms. The fraction of sp³-hybridized carbons (Fsp3) is 0.600. The van der Waals surface area contributed by atoms with E-state index in [1.807, 2.05) is 0 Å². The summed E-state index contributed by atoms with van der Waals surface area (Å²) in [6.45, 7) is 7.77. The van der Waals surface area contributed by atoms with Crippen LogP contribution in [-0.2, 0) is 0 Å². The van der Waals surface area contributed by atoms with Gasteiger partial charge in [-0.2, -0.15) is 0 Å². The first-order valence-electron chi connectivity index (χ1n) is 6.69. The molecule has 1 saturated heterocycles. The van der Waals surface area contributed by atoms with Gasteiger partial charge in [0, 0.05) is 6.04 Å². The monoisotopic (exact) mass is 233 g/mol. The highest BCUT2D eigenvalue weighted by atomic mass is 16.5. The van der Waals surface area contributed by atoms with Gasteiger partial charge >= 0.3 is 0 Å². The van der Waals surface area contributed by atoms with Crippen LogP contribution in [0.5, 0.6) is 5.75 Å². The van der Waals surface area contributed by atoms with Gasteiger partial charge in [0.2, 0.25) is 0 Å². The summed E-state index contributed by atoms with van der Waals surface area (Å²) in [7, 11) is 0. The fourth-order valence-corrected chi connectivity index (χ4v) is 2.35. The first kappa shape index (κ1) is 12.4. The summed E-state index contributed by atoms with van der Waals surface area (Å²) in [5.74, 6) is 0.990. The van der Waals surface area contributed by atoms with Crippen LogP contribution in [0, 0.1) is 6.92 Å². The molecule has 2 heteroatoms. The molecule has 1 fully saturated rings. The molecule has 94 valence electrons. The Morgan fingerprint density at radius 2 is 1.82 bits per heavy atom. The van der Waals surface area contributed by atoms with Crippen molar-refractivity contribution in [2.45, 2.75) is 39.2 Å². The molecule has 1 aromatic carbocycles. The normalized spacial score (nSPS) is 18.2. The first-order valence-corrected chi connectivity index (χ1v) is 6.69. The molecule has 1 aliphatic rings. The largest absolute Gasteiger partial charge is 0.494 e. The van der Waals surface area contributed by atoms with E-state index >= 15 is 0 Å². The Kier molecular flexibility index (Phi) is 4.43. The average Bonchev–Trinajstić information content (AvgIpc) is 2.85. The van der Waals surface area contributed by atoms with Crippen LogP contribution in [0.3, 0.4) is 0 Å². The molecular formula is C15H23NO. The number of rotatable bonds is 5. The predicted molar refractivity (Wildman–Crippen MR) is 71.6 cm³/mol. The number of hydrogen-bond acceptors (Lipinski definition) is 2. The van der Waals surface area contributed by atoms with Gasteiger partial charge in [0.15, 0.2) is 0 Å². The van der Waals surface area contributed by atoms with Crippen molar-refractivity contribution in [3.63, 3.8) is 0 Å². The Morgan fingerprint density at radius 3 is 2.47 bits per heavy atom. The highest BCUT2D eigenvalue weighted by molar-refractivity contribution is 5.26. The standard InChI is InChI=1S/C15H23NO/c1-13-5-7-15(8-6-13)17-12-9-14(2)16-10-3-4-11-16/h5-8,14H,3-4,9-12H2,1-2H3. The van der Waals surface area contributed by atoms with E-state index in [-0.39, 0.29) is 0 Å². The Balaban J connectivity index is 1.70. The number of likely N-dealkylation sites (tertiary alicyclic amines) is 1. The Bertz CT molecular complexity index is 327. The van der Waals surface area contributed by atoms with E-state index < -0.39 is 0 Å². The molecule has 1 aromatic rings. The van der Waals surface area contributed by atoms with Crippen LogP contribution in [0.1, 0.15) is 31.7 Å². The molecule has 0 spiro atoms. The van der Waals surface area contributed by atoms with Gasteiger partial charge in [0.05, 0.1) is 6.61 Å². The van der Waals surface area contributed by atoms with Crippen molar-refractivity contribution in [3.8, 4) is 5.75 Å². The van der Waals surface area contributed by atoms with Crippen molar-refractivity contribution in [1.29, 1.82) is 0 Å². The number of benzene rings is 1. The number of hydrogen-bond donors (Lipinski definition) is 0. The van der Waals surface area contributed by atoms with Gasteiger partial charge in [-0.1, -0.05) is 17.7 Å². The lowest BCUT2D eigenvalue weighted by Gasteiger charge is -2.23. The lowest BCUT2D eigenvalue weighted by atomic mass is 10.2. The van der Waals surface area contributed by atoms with E-state index in [1.54, 1.807) is 0 Å². The minimum atomic E-state index is 0.656. The van der Waals surface area contributed by atoms with Crippen LogP contribution in [0.4, 0.5) is 0 Å². The molecule has 2 nitrogen and oxygen atoms in total. The van der Waals surface area contributed by atoms with E-state index in [9.17, 15) is 0 Å². The van der Waals surface area contributed by atoms with Crippen molar-refractivity contribution in [1.82, 2.24) is 4.90 Å². The second kappa shape index (κ2) is 6.06. The second-order valence-corrected chi connectivity index (χ2v) is 5.04. The SMILES string of the molecule is Cc1ccc(OCCC(C)N2CCCC2)cc1. The molecular weight excluding hydrogens is 210 g/mol. The molecule has 0 aliphatic carbocycles. The minimum Gasteiger partial charge on any atom is -0.494 e. The maximum absolute atomic E-state index is 5.76. The predicted octanol–water partition coefficient (Wildman–Crippen LogP) is 3.25. The molecule has 0 radical (unpaired) electrons. The van der Waals surface area contributed by atoms with Crippen molar-refractivity contribution < 1.29 is 4.74 Å². The Morgan fingerprint density at radius 1 is 1.18 bits per heavy atom. The number of aryl methyl sites for hydroxylation is 1. The van der Waals surface area contributed by atoms with E-state index in [0.717, 1.165) is 18.8 Å². The maximum atomic E-state index is 5.76. The summed E-state index contributed by atoms with van der Waals surface area (Å²) in [6.07, 6.45) is 3.85. The smallest absolute Gasteiger partial charge is 0.119 e. The van der Waals surface area contributed by atoms with Crippen molar-refractivity contribution in [2.75, 3.05) is 19.7 Å². The zero-order valence-electron chi connectivity index (χ0n) is 11.0. The third-order valence-corrected chi connectivity index (χ3v) is 3.59. The summed E-state index contributed by atoms with van der Waals surface area (Å²) in [4.78, 5) is 2.57. The van der Waals surface area contributed by atoms with Gasteiger partial charge in [-0.15, -0.1) is 0 Å². The molecule has 1 aliphatic heterocycles. The molecule has 0 bridgehead atoms. The molecule has 1 atom stereocenters. The maximum Gasteiger partial charge on any atom is 0.119 e. The van der Waals surface area contributed by atoms with Gasteiger partial charge in [-0.25, -0.2) is 0 Å². The summed E-state index contributed by atoms with van der Waals surface area (Å²) in [6, 6.07) is 8.95. The second-order valence-electron chi connectivity index (χ2n) is 5.04. The van der Waals surface area contributed by atoms with Crippen molar-refractivity contribution >= 4 is 0 Å². The van der Waals surface area contributed by atoms with Gasteiger partial charge in [-0.05, 0) is 58.3 Å². The van der Waals surface area contributed by atoms with Crippen LogP contribution in [0.2, 0.25) is 0 Å². The zero-order valence-corrected chi connectivity index (χ0v) is 11.0. The van der Waals surface area contributed by atoms with Crippen LogP contribution >= 0.6 is 0 Å². The molecule has 0 saturated carbocycles. The Hall–Kier alpha value is -1.02. The highest BCUT2D eigenvalue weighted by Gasteiger charge is 2.17. The summed E-state index contributed by atoms with van der Waals surface area (Å²) >= 11 is 0. The van der Waals surface area contributed by atoms with Gasteiger partial charge < -0.3 is 9.64 Å². The first-order chi connectivity index (χ1) is 8.25. The zero-order chi connectivity index (χ0) is 12.1. The van der Waals surface area contributed by atoms with Crippen LogP contribution in [0.15, 0.2) is 24.3 Å². The van der Waals surface area contributed by atoms with E-state index in [1.165, 1.54) is 31.5 Å². The van der Waals surface area contributed by atoms with Crippen LogP contribution < -0.4 is 4.74 Å². The van der Waals surface area contributed by atoms with Crippen molar-refractivity contribution in [3.05, 3.63) is 29.8 Å². The average molecular weight is 233 g/mol. The van der Waals surface area contributed by atoms with Gasteiger partial charge in [-0.3, -0.25) is 0 Å². The fourth-order valence-electron chi connectivity index (χ4n) is 2.35. The van der Waals surface area contributed by atoms with Gasteiger partial charge in [0.25, 0.3) is 0 Å².